The van der Waals surface area contributed by atoms with Crippen molar-refractivity contribution < 1.29 is 4.74 Å². The lowest BCUT2D eigenvalue weighted by atomic mass is 9.69. The molecule has 0 radical (unpaired) electrons. The fourth-order valence-corrected chi connectivity index (χ4v) is 4.17. The van der Waals surface area contributed by atoms with Gasteiger partial charge < -0.3 is 10.1 Å². The molecule has 3 nitrogen and oxygen atoms in total. The van der Waals surface area contributed by atoms with E-state index in [0.29, 0.717) is 23.6 Å². The molecule has 0 aromatic carbocycles. The van der Waals surface area contributed by atoms with E-state index in [2.05, 4.69) is 45.0 Å². The Morgan fingerprint density at radius 3 is 2.52 bits per heavy atom. The largest absolute Gasteiger partial charge is 0.377 e. The number of ether oxygens (including phenoxy) is 1. The van der Waals surface area contributed by atoms with Crippen molar-refractivity contribution in [1.29, 1.82) is 0 Å². The highest BCUT2D eigenvalue weighted by Gasteiger charge is 2.37. The molecule has 0 aromatic rings. The van der Waals surface area contributed by atoms with Gasteiger partial charge in [-0.15, -0.1) is 0 Å². The maximum Gasteiger partial charge on any atom is 0.0702 e. The molecule has 0 spiro atoms. The van der Waals surface area contributed by atoms with E-state index in [9.17, 15) is 0 Å². The lowest BCUT2D eigenvalue weighted by Crippen LogP contribution is -2.54. The third-order valence-electron chi connectivity index (χ3n) is 5.59. The SMILES string of the molecule is CCNC1CCC(C(C)(C)C)CC1N(C)CC1CCCO1. The van der Waals surface area contributed by atoms with Crippen molar-refractivity contribution in [2.45, 2.75) is 78.0 Å². The normalized spacial score (nSPS) is 34.6. The lowest BCUT2D eigenvalue weighted by molar-refractivity contribution is 0.0300. The third kappa shape index (κ3) is 4.67. The minimum atomic E-state index is 0.431. The first kappa shape index (κ1) is 17.2. The van der Waals surface area contributed by atoms with Gasteiger partial charge in [0.1, 0.15) is 0 Å². The Balaban J connectivity index is 1.98. The average Bonchev–Trinajstić information content (AvgIpc) is 2.91. The number of nitrogens with zero attached hydrogens (tertiary/aromatic N) is 1. The van der Waals surface area contributed by atoms with E-state index in [0.717, 1.165) is 25.6 Å². The number of rotatable bonds is 5. The average molecular weight is 296 g/mol. The lowest BCUT2D eigenvalue weighted by Gasteiger charge is -2.46. The van der Waals surface area contributed by atoms with E-state index in [1.807, 2.05) is 0 Å². The van der Waals surface area contributed by atoms with Gasteiger partial charge in [0.05, 0.1) is 6.10 Å². The maximum atomic E-state index is 5.84. The summed E-state index contributed by atoms with van der Waals surface area (Å²) in [6, 6.07) is 1.31. The van der Waals surface area contributed by atoms with Crippen molar-refractivity contribution in [1.82, 2.24) is 10.2 Å². The molecular formula is C18H36N2O. The highest BCUT2D eigenvalue weighted by molar-refractivity contribution is 4.94. The molecule has 3 heteroatoms. The van der Waals surface area contributed by atoms with E-state index in [-0.39, 0.29) is 0 Å². The van der Waals surface area contributed by atoms with Crippen molar-refractivity contribution >= 4 is 0 Å². The minimum Gasteiger partial charge on any atom is -0.377 e. The van der Waals surface area contributed by atoms with Crippen molar-refractivity contribution in [3.05, 3.63) is 0 Å². The molecule has 0 bridgehead atoms. The summed E-state index contributed by atoms with van der Waals surface area (Å²) in [6.07, 6.45) is 6.95. The first-order valence-corrected chi connectivity index (χ1v) is 8.97. The molecule has 1 saturated heterocycles. The fourth-order valence-electron chi connectivity index (χ4n) is 4.17. The second-order valence-corrected chi connectivity index (χ2v) is 8.18. The van der Waals surface area contributed by atoms with Crippen LogP contribution in [-0.2, 0) is 4.74 Å². The molecule has 1 saturated carbocycles. The van der Waals surface area contributed by atoms with Crippen molar-refractivity contribution in [3.63, 3.8) is 0 Å². The highest BCUT2D eigenvalue weighted by atomic mass is 16.5. The maximum absolute atomic E-state index is 5.84. The van der Waals surface area contributed by atoms with Crippen LogP contribution in [0.3, 0.4) is 0 Å². The van der Waals surface area contributed by atoms with Crippen LogP contribution in [0.4, 0.5) is 0 Å². The van der Waals surface area contributed by atoms with Gasteiger partial charge in [0, 0.05) is 25.2 Å². The van der Waals surface area contributed by atoms with Crippen LogP contribution in [0.15, 0.2) is 0 Å². The zero-order valence-corrected chi connectivity index (χ0v) is 14.8. The zero-order chi connectivity index (χ0) is 15.5. The molecule has 0 aromatic heterocycles. The third-order valence-corrected chi connectivity index (χ3v) is 5.59. The first-order valence-electron chi connectivity index (χ1n) is 8.97. The van der Waals surface area contributed by atoms with Gasteiger partial charge in [-0.05, 0) is 57.0 Å². The van der Waals surface area contributed by atoms with Gasteiger partial charge in [0.15, 0.2) is 0 Å². The van der Waals surface area contributed by atoms with Crippen LogP contribution in [0.25, 0.3) is 0 Å². The van der Waals surface area contributed by atoms with Crippen molar-refractivity contribution in [3.8, 4) is 0 Å². The van der Waals surface area contributed by atoms with Gasteiger partial charge in [0.2, 0.25) is 0 Å². The monoisotopic (exact) mass is 296 g/mol. The predicted molar refractivity (Wildman–Crippen MR) is 89.7 cm³/mol. The topological polar surface area (TPSA) is 24.5 Å². The smallest absolute Gasteiger partial charge is 0.0702 e. The quantitative estimate of drug-likeness (QED) is 0.842. The summed E-state index contributed by atoms with van der Waals surface area (Å²) in [7, 11) is 2.31. The molecule has 1 aliphatic carbocycles. The molecule has 0 amide bonds. The van der Waals surface area contributed by atoms with Crippen LogP contribution >= 0.6 is 0 Å². The van der Waals surface area contributed by atoms with Gasteiger partial charge in [0.25, 0.3) is 0 Å². The number of likely N-dealkylation sites (N-methyl/N-ethyl adjacent to an activating group) is 2. The molecule has 2 fully saturated rings. The Morgan fingerprint density at radius 1 is 1.19 bits per heavy atom. The van der Waals surface area contributed by atoms with Gasteiger partial charge >= 0.3 is 0 Å². The van der Waals surface area contributed by atoms with Crippen LogP contribution < -0.4 is 5.32 Å². The number of hydrogen-bond donors (Lipinski definition) is 1. The van der Waals surface area contributed by atoms with Gasteiger partial charge in [-0.3, -0.25) is 4.90 Å². The standard InChI is InChI=1S/C18H36N2O/c1-6-19-16-10-9-14(18(2,3)4)12-17(16)20(5)13-15-8-7-11-21-15/h14-17,19H,6-13H2,1-5H3. The second kappa shape index (κ2) is 7.43. The Morgan fingerprint density at radius 2 is 1.95 bits per heavy atom. The van der Waals surface area contributed by atoms with Gasteiger partial charge in [-0.25, -0.2) is 0 Å². The zero-order valence-electron chi connectivity index (χ0n) is 14.8. The van der Waals surface area contributed by atoms with Crippen LogP contribution in [0.5, 0.6) is 0 Å². The molecule has 2 rings (SSSR count). The summed E-state index contributed by atoms with van der Waals surface area (Å²) >= 11 is 0. The minimum absolute atomic E-state index is 0.431. The molecule has 1 aliphatic heterocycles. The molecule has 21 heavy (non-hydrogen) atoms. The van der Waals surface area contributed by atoms with Crippen LogP contribution in [0.1, 0.15) is 59.8 Å². The molecular weight excluding hydrogens is 260 g/mol. The highest BCUT2D eigenvalue weighted by Crippen LogP contribution is 2.39. The van der Waals surface area contributed by atoms with Gasteiger partial charge in [-0.2, -0.15) is 0 Å². The Hall–Kier alpha value is -0.120. The van der Waals surface area contributed by atoms with E-state index >= 15 is 0 Å². The van der Waals surface area contributed by atoms with Crippen LogP contribution in [0, 0.1) is 11.3 Å². The molecule has 2 aliphatic rings. The van der Waals surface area contributed by atoms with E-state index in [1.165, 1.54) is 32.1 Å². The van der Waals surface area contributed by atoms with Crippen LogP contribution in [-0.4, -0.2) is 49.8 Å². The van der Waals surface area contributed by atoms with Crippen LogP contribution in [0.2, 0.25) is 0 Å². The molecule has 1 N–H and O–H groups in total. The Bertz CT molecular complexity index is 307. The summed E-state index contributed by atoms with van der Waals surface area (Å²) in [5.74, 6) is 0.837. The summed E-state index contributed by atoms with van der Waals surface area (Å²) in [5, 5.41) is 3.73. The van der Waals surface area contributed by atoms with Crippen molar-refractivity contribution in [2.75, 3.05) is 26.7 Å². The molecule has 4 atom stereocenters. The van der Waals surface area contributed by atoms with Gasteiger partial charge in [-0.1, -0.05) is 27.7 Å². The molecule has 124 valence electrons. The summed E-state index contributed by atoms with van der Waals surface area (Å²) < 4.78 is 5.84. The second-order valence-electron chi connectivity index (χ2n) is 8.18. The summed E-state index contributed by atoms with van der Waals surface area (Å²) in [5.41, 5.74) is 0.431. The molecule has 1 heterocycles. The summed E-state index contributed by atoms with van der Waals surface area (Å²) in [6.45, 7) is 12.6. The first-order chi connectivity index (χ1) is 9.91. The van der Waals surface area contributed by atoms with E-state index in [1.54, 1.807) is 0 Å². The number of nitrogens with one attached hydrogen (secondary N) is 1. The van der Waals surface area contributed by atoms with E-state index in [4.69, 9.17) is 4.74 Å². The predicted octanol–water partition coefficient (Wildman–Crippen LogP) is 3.29. The van der Waals surface area contributed by atoms with Crippen molar-refractivity contribution in [2.24, 2.45) is 11.3 Å². The fraction of sp³-hybridized carbons (Fsp3) is 1.00. The number of hydrogen-bond acceptors (Lipinski definition) is 3. The summed E-state index contributed by atoms with van der Waals surface area (Å²) in [4.78, 5) is 2.58. The Kier molecular flexibility index (Phi) is 6.10. The van der Waals surface area contributed by atoms with E-state index < -0.39 is 0 Å². The Labute approximate surface area is 131 Å². The molecule has 4 unspecified atom stereocenters.